The minimum atomic E-state index is -0.438. The summed E-state index contributed by atoms with van der Waals surface area (Å²) in [6.07, 6.45) is 10.2. The highest BCUT2D eigenvalue weighted by Gasteiger charge is 2.13. The molecule has 36 heavy (non-hydrogen) atoms. The molecule has 0 aliphatic rings. The summed E-state index contributed by atoms with van der Waals surface area (Å²) in [6, 6.07) is 7.93. The van der Waals surface area contributed by atoms with Crippen LogP contribution in [0, 0.1) is 0 Å². The molecule has 0 atom stereocenters. The second-order valence-corrected chi connectivity index (χ2v) is 9.06. The molecule has 1 aromatic carbocycles. The van der Waals surface area contributed by atoms with Crippen LogP contribution in [0.3, 0.4) is 0 Å². The van der Waals surface area contributed by atoms with Crippen LogP contribution in [0.25, 0.3) is 22.7 Å². The van der Waals surface area contributed by atoms with E-state index in [2.05, 4.69) is 51.8 Å². The average Bonchev–Trinajstić information content (AvgIpc) is 3.48. The summed E-state index contributed by atoms with van der Waals surface area (Å²) in [5, 5.41) is 0. The summed E-state index contributed by atoms with van der Waals surface area (Å²) >= 11 is 6.73. The highest BCUT2D eigenvalue weighted by atomic mass is 79.9. The number of nitrogens with zero attached hydrogens (tertiary/aromatic N) is 6. The zero-order valence-electron chi connectivity index (χ0n) is 19.3. The molecule has 0 unspecified atom stereocenters. The van der Waals surface area contributed by atoms with Gasteiger partial charge >= 0.3 is 11.9 Å². The third-order valence-corrected chi connectivity index (χ3v) is 5.62. The first kappa shape index (κ1) is 25.5. The quantitative estimate of drug-likeness (QED) is 0.254. The monoisotopic (exact) mass is 614 g/mol. The van der Waals surface area contributed by atoms with Crippen molar-refractivity contribution < 1.29 is 19.1 Å². The molecule has 5 rings (SSSR count). The number of benzene rings is 1. The maximum atomic E-state index is 11.7. The fraction of sp³-hybridized carbons (Fsp3) is 0.167. The molecular weight excluding hydrogens is 596 g/mol. The van der Waals surface area contributed by atoms with Crippen LogP contribution in [-0.2, 0) is 9.47 Å². The Morgan fingerprint density at radius 1 is 0.778 bits per heavy atom. The maximum absolute atomic E-state index is 11.7. The molecule has 4 aromatic heterocycles. The first-order chi connectivity index (χ1) is 17.4. The summed E-state index contributed by atoms with van der Waals surface area (Å²) < 4.78 is 15.0. The van der Waals surface area contributed by atoms with E-state index >= 15 is 0 Å². The molecule has 0 amide bonds. The third-order valence-electron chi connectivity index (χ3n) is 4.72. The Hall–Kier alpha value is -3.64. The summed E-state index contributed by atoms with van der Waals surface area (Å²) in [4.78, 5) is 39.5. The Morgan fingerprint density at radius 2 is 1.36 bits per heavy atom. The van der Waals surface area contributed by atoms with E-state index in [1.807, 2.05) is 30.5 Å². The lowest BCUT2D eigenvalue weighted by Crippen LogP contribution is -2.04. The van der Waals surface area contributed by atoms with Crippen molar-refractivity contribution in [3.8, 4) is 11.1 Å². The summed E-state index contributed by atoms with van der Waals surface area (Å²) in [5.74, 6) is 0.0733. The van der Waals surface area contributed by atoms with Gasteiger partial charge in [0.1, 0.15) is 0 Å². The van der Waals surface area contributed by atoms with E-state index in [0.717, 1.165) is 20.1 Å². The molecule has 0 aliphatic heterocycles. The fourth-order valence-corrected chi connectivity index (χ4v) is 3.89. The van der Waals surface area contributed by atoms with Gasteiger partial charge in [0.2, 0.25) is 11.6 Å². The van der Waals surface area contributed by atoms with Crippen molar-refractivity contribution in [2.75, 3.05) is 13.2 Å². The van der Waals surface area contributed by atoms with Gasteiger partial charge in [-0.25, -0.2) is 29.5 Å². The van der Waals surface area contributed by atoms with E-state index < -0.39 is 11.9 Å². The molecule has 4 heterocycles. The molecule has 0 N–H and O–H groups in total. The van der Waals surface area contributed by atoms with Crippen LogP contribution in [0.15, 0.2) is 70.4 Å². The minimum Gasteiger partial charge on any atom is -0.461 e. The van der Waals surface area contributed by atoms with Gasteiger partial charge in [0.05, 0.1) is 17.7 Å². The minimum absolute atomic E-state index is 0.260. The zero-order valence-corrected chi connectivity index (χ0v) is 22.4. The molecule has 0 spiro atoms. The molecule has 0 radical (unpaired) electrons. The first-order valence-electron chi connectivity index (χ1n) is 10.8. The van der Waals surface area contributed by atoms with Crippen LogP contribution >= 0.6 is 31.9 Å². The second-order valence-electron chi connectivity index (χ2n) is 7.23. The molecule has 10 nitrogen and oxygen atoms in total. The van der Waals surface area contributed by atoms with Crippen LogP contribution in [0.4, 0.5) is 0 Å². The van der Waals surface area contributed by atoms with Crippen LogP contribution in [0.1, 0.15) is 34.8 Å². The van der Waals surface area contributed by atoms with E-state index in [1.165, 1.54) is 0 Å². The van der Waals surface area contributed by atoms with Gasteiger partial charge < -0.3 is 9.47 Å². The molecule has 0 saturated heterocycles. The van der Waals surface area contributed by atoms with Gasteiger partial charge in [-0.2, -0.15) is 0 Å². The number of hydrogen-bond donors (Lipinski definition) is 0. The number of ether oxygens (including phenoxy) is 2. The lowest BCUT2D eigenvalue weighted by atomic mass is 10.1. The van der Waals surface area contributed by atoms with Gasteiger partial charge in [-0.05, 0) is 47.5 Å². The van der Waals surface area contributed by atoms with Crippen LogP contribution < -0.4 is 0 Å². The van der Waals surface area contributed by atoms with Gasteiger partial charge in [0.25, 0.3) is 0 Å². The highest BCUT2D eigenvalue weighted by molar-refractivity contribution is 9.10. The van der Waals surface area contributed by atoms with E-state index in [1.54, 1.807) is 53.6 Å². The summed E-state index contributed by atoms with van der Waals surface area (Å²) in [7, 11) is 0. The Kier molecular flexibility index (Phi) is 8.06. The molecule has 12 heteroatoms. The van der Waals surface area contributed by atoms with Crippen molar-refractivity contribution in [1.82, 2.24) is 28.7 Å². The number of aromatic nitrogens is 6. The van der Waals surface area contributed by atoms with Crippen molar-refractivity contribution >= 4 is 55.4 Å². The Bertz CT molecular complexity index is 1550. The number of halogens is 2. The van der Waals surface area contributed by atoms with Gasteiger partial charge in [0, 0.05) is 47.2 Å². The van der Waals surface area contributed by atoms with Crippen LogP contribution in [-0.4, -0.2) is 53.9 Å². The topological polar surface area (TPSA) is 113 Å². The Morgan fingerprint density at radius 3 is 1.94 bits per heavy atom. The molecule has 0 bridgehead atoms. The number of carbonyl (C=O) groups is 2. The molecular formula is C24H20Br2N6O4. The molecule has 0 saturated carbocycles. The summed E-state index contributed by atoms with van der Waals surface area (Å²) in [6.45, 7) is 4.17. The molecule has 5 aromatic rings. The third kappa shape index (κ3) is 5.94. The number of esters is 2. The molecule has 0 fully saturated rings. The van der Waals surface area contributed by atoms with Gasteiger partial charge in [-0.1, -0.05) is 28.1 Å². The number of fused-ring (bicyclic) bond motifs is 2. The SMILES string of the molecule is CCOC(=O)c1cn2cc(-c3cccc(Br)c3)cnc2n1.CCOC(=O)c1cn2cc(Br)cnc2n1. The summed E-state index contributed by atoms with van der Waals surface area (Å²) in [5.41, 5.74) is 2.50. The normalized spacial score (nSPS) is 10.7. The molecule has 0 aliphatic carbocycles. The number of hydrogen-bond acceptors (Lipinski definition) is 8. The van der Waals surface area contributed by atoms with Crippen molar-refractivity contribution in [3.63, 3.8) is 0 Å². The van der Waals surface area contributed by atoms with E-state index in [9.17, 15) is 9.59 Å². The van der Waals surface area contributed by atoms with Gasteiger partial charge in [0.15, 0.2) is 11.4 Å². The molecule has 184 valence electrons. The average molecular weight is 616 g/mol. The first-order valence-corrected chi connectivity index (χ1v) is 12.4. The second kappa shape index (κ2) is 11.4. The van der Waals surface area contributed by atoms with E-state index in [4.69, 9.17) is 9.47 Å². The maximum Gasteiger partial charge on any atom is 0.358 e. The van der Waals surface area contributed by atoms with Crippen molar-refractivity contribution in [2.45, 2.75) is 13.8 Å². The zero-order chi connectivity index (χ0) is 25.7. The highest BCUT2D eigenvalue weighted by Crippen LogP contribution is 2.22. The number of carbonyl (C=O) groups excluding carboxylic acids is 2. The Balaban J connectivity index is 0.000000179. The van der Waals surface area contributed by atoms with Gasteiger partial charge in [-0.15, -0.1) is 0 Å². The van der Waals surface area contributed by atoms with E-state index in [-0.39, 0.29) is 11.4 Å². The predicted octanol–water partition coefficient (Wildman–Crippen LogP) is 5.00. The lowest BCUT2D eigenvalue weighted by Gasteiger charge is -2.02. The van der Waals surface area contributed by atoms with Crippen molar-refractivity contribution in [1.29, 1.82) is 0 Å². The standard InChI is InChI=1S/C15H12BrN3O2.C9H8BrN3O2/c1-2-21-14(20)13-9-19-8-11(7-17-15(19)18-13)10-4-3-5-12(16)6-10;1-2-15-8(14)7-5-13-4-6(10)3-11-9(13)12-7/h3-9H,2H2,1H3;3-5H,2H2,1H3. The number of rotatable bonds is 5. The van der Waals surface area contributed by atoms with Crippen molar-refractivity contribution in [2.24, 2.45) is 0 Å². The van der Waals surface area contributed by atoms with Crippen LogP contribution in [0.2, 0.25) is 0 Å². The fourth-order valence-electron chi connectivity index (χ4n) is 3.17. The smallest absolute Gasteiger partial charge is 0.358 e. The van der Waals surface area contributed by atoms with E-state index in [0.29, 0.717) is 24.8 Å². The number of imidazole rings is 2. The Labute approximate surface area is 222 Å². The lowest BCUT2D eigenvalue weighted by molar-refractivity contribution is 0.0511. The van der Waals surface area contributed by atoms with Gasteiger partial charge in [-0.3, -0.25) is 8.80 Å². The largest absolute Gasteiger partial charge is 0.461 e. The van der Waals surface area contributed by atoms with Crippen LogP contribution in [0.5, 0.6) is 0 Å². The van der Waals surface area contributed by atoms with Crippen molar-refractivity contribution in [3.05, 3.63) is 81.8 Å². The predicted molar refractivity (Wildman–Crippen MR) is 139 cm³/mol.